The molecule has 2 aromatic rings. The van der Waals surface area contributed by atoms with Gasteiger partial charge in [0.1, 0.15) is 11.6 Å². The Morgan fingerprint density at radius 1 is 1.15 bits per heavy atom. The summed E-state index contributed by atoms with van der Waals surface area (Å²) >= 11 is 3.15. The van der Waals surface area contributed by atoms with Crippen molar-refractivity contribution < 1.29 is 4.39 Å². The highest BCUT2D eigenvalue weighted by Crippen LogP contribution is 2.27. The number of nitrogens with zero attached hydrogens (tertiary/aromatic N) is 2. The maximum Gasteiger partial charge on any atom is 0.161 e. The second kappa shape index (κ2) is 5.48. The summed E-state index contributed by atoms with van der Waals surface area (Å²) in [6, 6.07) is 6.81. The first-order chi connectivity index (χ1) is 9.31. The first kappa shape index (κ1) is 14.9. The minimum absolute atomic E-state index is 0.100. The average Bonchev–Trinajstić information content (AvgIpc) is 2.40. The lowest BCUT2D eigenvalue weighted by atomic mass is 9.92. The molecule has 1 heterocycles. The van der Waals surface area contributed by atoms with Crippen molar-refractivity contribution in [2.75, 3.05) is 12.4 Å². The van der Waals surface area contributed by atoms with Crippen LogP contribution in [0.4, 0.5) is 10.2 Å². The molecule has 1 aromatic heterocycles. The third-order valence-electron chi connectivity index (χ3n) is 2.93. The highest BCUT2D eigenvalue weighted by molar-refractivity contribution is 9.10. The van der Waals surface area contributed by atoms with Gasteiger partial charge in [-0.05, 0) is 34.1 Å². The minimum atomic E-state index is -0.321. The molecule has 0 aliphatic rings. The molecule has 0 amide bonds. The van der Waals surface area contributed by atoms with E-state index in [0.717, 1.165) is 11.5 Å². The number of nitrogens with one attached hydrogen (secondary N) is 1. The third-order valence-corrected chi connectivity index (χ3v) is 3.57. The van der Waals surface area contributed by atoms with E-state index in [2.05, 4.69) is 52.0 Å². The molecule has 5 heteroatoms. The van der Waals surface area contributed by atoms with Crippen molar-refractivity contribution in [3.05, 3.63) is 40.2 Å². The minimum Gasteiger partial charge on any atom is -0.373 e. The van der Waals surface area contributed by atoms with Crippen LogP contribution in [-0.4, -0.2) is 17.0 Å². The van der Waals surface area contributed by atoms with Crippen molar-refractivity contribution in [3.8, 4) is 11.4 Å². The molecule has 106 valence electrons. The van der Waals surface area contributed by atoms with Gasteiger partial charge in [0.05, 0.1) is 10.2 Å². The normalized spacial score (nSPS) is 11.5. The lowest BCUT2D eigenvalue weighted by Crippen LogP contribution is -2.15. The lowest BCUT2D eigenvalue weighted by Gasteiger charge is -2.19. The molecule has 0 atom stereocenters. The fourth-order valence-corrected chi connectivity index (χ4v) is 1.97. The van der Waals surface area contributed by atoms with Gasteiger partial charge in [-0.3, -0.25) is 0 Å². The van der Waals surface area contributed by atoms with Crippen molar-refractivity contribution in [3.63, 3.8) is 0 Å². The molecule has 0 saturated carbocycles. The molecule has 0 bridgehead atoms. The van der Waals surface area contributed by atoms with Gasteiger partial charge in [-0.25, -0.2) is 14.4 Å². The zero-order chi connectivity index (χ0) is 14.9. The van der Waals surface area contributed by atoms with E-state index in [-0.39, 0.29) is 11.2 Å². The number of benzene rings is 1. The molecule has 0 fully saturated rings. The molecular weight excluding hydrogens is 321 g/mol. The van der Waals surface area contributed by atoms with E-state index in [9.17, 15) is 4.39 Å². The topological polar surface area (TPSA) is 37.8 Å². The Balaban J connectivity index is 2.58. The van der Waals surface area contributed by atoms with Crippen LogP contribution < -0.4 is 5.32 Å². The molecule has 1 N–H and O–H groups in total. The Labute approximate surface area is 126 Å². The molecule has 0 spiro atoms. The molecule has 1 aromatic carbocycles. The molecule has 0 aliphatic heterocycles. The zero-order valence-electron chi connectivity index (χ0n) is 12.0. The van der Waals surface area contributed by atoms with Gasteiger partial charge in [-0.2, -0.15) is 0 Å². The summed E-state index contributed by atoms with van der Waals surface area (Å²) in [5.74, 6) is 0.926. The largest absolute Gasteiger partial charge is 0.373 e. The summed E-state index contributed by atoms with van der Waals surface area (Å²) in [4.78, 5) is 8.96. The number of hydrogen-bond acceptors (Lipinski definition) is 3. The smallest absolute Gasteiger partial charge is 0.161 e. The summed E-state index contributed by atoms with van der Waals surface area (Å²) in [5.41, 5.74) is 1.47. The van der Waals surface area contributed by atoms with E-state index >= 15 is 0 Å². The standard InChI is InChI=1S/C15H17BrFN3/c1-15(2,3)12-8-13(18-4)20-14(19-12)9-5-6-10(16)11(17)7-9/h5-8H,1-4H3,(H,18,19,20). The van der Waals surface area contributed by atoms with Crippen molar-refractivity contribution >= 4 is 21.7 Å². The molecule has 0 radical (unpaired) electrons. The van der Waals surface area contributed by atoms with Crippen LogP contribution in [0.2, 0.25) is 0 Å². The molecule has 2 rings (SSSR count). The Morgan fingerprint density at radius 2 is 1.85 bits per heavy atom. The van der Waals surface area contributed by atoms with E-state index < -0.39 is 0 Å². The number of aromatic nitrogens is 2. The maximum atomic E-state index is 13.7. The van der Waals surface area contributed by atoms with Crippen LogP contribution in [0.3, 0.4) is 0 Å². The van der Waals surface area contributed by atoms with Gasteiger partial charge in [0.15, 0.2) is 5.82 Å². The quantitative estimate of drug-likeness (QED) is 0.883. The van der Waals surface area contributed by atoms with Crippen molar-refractivity contribution in [1.29, 1.82) is 0 Å². The molecule has 3 nitrogen and oxygen atoms in total. The van der Waals surface area contributed by atoms with Crippen LogP contribution in [0.1, 0.15) is 26.5 Å². The number of rotatable bonds is 2. The maximum absolute atomic E-state index is 13.7. The molecule has 0 unspecified atom stereocenters. The van der Waals surface area contributed by atoms with E-state index in [1.807, 2.05) is 6.07 Å². The Bertz CT molecular complexity index is 636. The Hall–Kier alpha value is -1.49. The van der Waals surface area contributed by atoms with Crippen LogP contribution in [-0.2, 0) is 5.41 Å². The molecule has 0 saturated heterocycles. The van der Waals surface area contributed by atoms with Gasteiger partial charge in [0, 0.05) is 24.1 Å². The number of hydrogen-bond donors (Lipinski definition) is 1. The van der Waals surface area contributed by atoms with Gasteiger partial charge in [-0.1, -0.05) is 20.8 Å². The van der Waals surface area contributed by atoms with Gasteiger partial charge in [0.25, 0.3) is 0 Å². The first-order valence-electron chi connectivity index (χ1n) is 6.34. The first-order valence-corrected chi connectivity index (χ1v) is 7.13. The summed E-state index contributed by atoms with van der Waals surface area (Å²) < 4.78 is 14.1. The highest BCUT2D eigenvalue weighted by Gasteiger charge is 2.18. The fourth-order valence-electron chi connectivity index (χ4n) is 1.72. The molecular formula is C15H17BrFN3. The van der Waals surface area contributed by atoms with Gasteiger partial charge in [0.2, 0.25) is 0 Å². The van der Waals surface area contributed by atoms with E-state index in [1.54, 1.807) is 19.2 Å². The summed E-state index contributed by atoms with van der Waals surface area (Å²) in [7, 11) is 1.81. The van der Waals surface area contributed by atoms with Crippen LogP contribution in [0, 0.1) is 5.82 Å². The number of halogens is 2. The van der Waals surface area contributed by atoms with Gasteiger partial charge in [-0.15, -0.1) is 0 Å². The van der Waals surface area contributed by atoms with Gasteiger partial charge < -0.3 is 5.32 Å². The van der Waals surface area contributed by atoms with Gasteiger partial charge >= 0.3 is 0 Å². The second-order valence-electron chi connectivity index (χ2n) is 5.59. The number of anilines is 1. The Kier molecular flexibility index (Phi) is 4.09. The third kappa shape index (κ3) is 3.15. The molecule has 0 aliphatic carbocycles. The van der Waals surface area contributed by atoms with Crippen molar-refractivity contribution in [2.24, 2.45) is 0 Å². The van der Waals surface area contributed by atoms with Crippen LogP contribution >= 0.6 is 15.9 Å². The van der Waals surface area contributed by atoms with Crippen LogP contribution in [0.25, 0.3) is 11.4 Å². The van der Waals surface area contributed by atoms with E-state index in [1.165, 1.54) is 6.07 Å². The summed E-state index contributed by atoms with van der Waals surface area (Å²) in [6.45, 7) is 6.25. The second-order valence-corrected chi connectivity index (χ2v) is 6.45. The lowest BCUT2D eigenvalue weighted by molar-refractivity contribution is 0.568. The predicted octanol–water partition coefficient (Wildman–Crippen LogP) is 4.38. The fraction of sp³-hybridized carbons (Fsp3) is 0.333. The van der Waals surface area contributed by atoms with Crippen LogP contribution in [0.15, 0.2) is 28.7 Å². The summed E-state index contributed by atoms with van der Waals surface area (Å²) in [5, 5.41) is 3.02. The SMILES string of the molecule is CNc1cc(C(C)(C)C)nc(-c2ccc(Br)c(F)c2)n1. The Morgan fingerprint density at radius 3 is 2.40 bits per heavy atom. The van der Waals surface area contributed by atoms with E-state index in [0.29, 0.717) is 15.9 Å². The van der Waals surface area contributed by atoms with Crippen molar-refractivity contribution in [1.82, 2.24) is 9.97 Å². The predicted molar refractivity (Wildman–Crippen MR) is 83.4 cm³/mol. The summed E-state index contributed by atoms with van der Waals surface area (Å²) in [6.07, 6.45) is 0. The monoisotopic (exact) mass is 337 g/mol. The molecule has 20 heavy (non-hydrogen) atoms. The zero-order valence-corrected chi connectivity index (χ0v) is 13.5. The van der Waals surface area contributed by atoms with Crippen LogP contribution in [0.5, 0.6) is 0 Å². The highest BCUT2D eigenvalue weighted by atomic mass is 79.9. The van der Waals surface area contributed by atoms with Crippen molar-refractivity contribution in [2.45, 2.75) is 26.2 Å². The van der Waals surface area contributed by atoms with E-state index in [4.69, 9.17) is 0 Å². The average molecular weight is 338 g/mol.